The lowest BCUT2D eigenvalue weighted by Gasteiger charge is -2.27. The van der Waals surface area contributed by atoms with Gasteiger partial charge in [-0.2, -0.15) is 0 Å². The molecular weight excluding hydrogens is 235 g/mol. The molecule has 0 spiro atoms. The molecule has 3 amide bonds. The van der Waals surface area contributed by atoms with Crippen LogP contribution in [0.5, 0.6) is 0 Å². The lowest BCUT2D eigenvalue weighted by molar-refractivity contribution is -0.120. The summed E-state index contributed by atoms with van der Waals surface area (Å²) in [6, 6.07) is 4.25. The van der Waals surface area contributed by atoms with Crippen LogP contribution in [0.1, 0.15) is 33.2 Å². The number of rotatable bonds is 2. The van der Waals surface area contributed by atoms with E-state index in [0.717, 1.165) is 5.56 Å². The summed E-state index contributed by atoms with van der Waals surface area (Å²) in [7, 11) is 0. The van der Waals surface area contributed by atoms with Crippen molar-refractivity contribution < 1.29 is 15.4 Å². The normalized spacial score (nSPS) is 16.1. The number of imide groups is 1. The Morgan fingerprint density at radius 2 is 2.11 bits per heavy atom. The van der Waals surface area contributed by atoms with E-state index in [-0.39, 0.29) is 31.9 Å². The van der Waals surface area contributed by atoms with Gasteiger partial charge < -0.3 is 0 Å². The summed E-state index contributed by atoms with van der Waals surface area (Å²) >= 11 is 0. The number of benzene rings is 1. The highest BCUT2D eigenvalue weighted by molar-refractivity contribution is 6.05. The minimum absolute atomic E-state index is 0. The third-order valence-corrected chi connectivity index (χ3v) is 2.98. The fourth-order valence-corrected chi connectivity index (χ4v) is 1.90. The number of hydrogen-bond donors (Lipinski definition) is 1. The molecule has 1 aliphatic rings. The number of anilines is 1. The van der Waals surface area contributed by atoms with Crippen LogP contribution in [-0.4, -0.2) is 18.5 Å². The van der Waals surface area contributed by atoms with Gasteiger partial charge >= 0.3 is 6.03 Å². The molecule has 1 aromatic carbocycles. The number of hydrogen-bond acceptors (Lipinski definition) is 2. The fourth-order valence-electron chi connectivity index (χ4n) is 1.90. The van der Waals surface area contributed by atoms with Gasteiger partial charge in [0.2, 0.25) is 5.91 Å². The predicted molar refractivity (Wildman–Crippen MR) is 68.1 cm³/mol. The molecule has 0 radical (unpaired) electrons. The van der Waals surface area contributed by atoms with Gasteiger partial charge in [0.05, 0.1) is 5.69 Å². The van der Waals surface area contributed by atoms with Crippen LogP contribution in [0.25, 0.3) is 0 Å². The van der Waals surface area contributed by atoms with Crippen molar-refractivity contribution in [3.8, 4) is 0 Å². The lowest BCUT2D eigenvalue weighted by Crippen LogP contribution is -2.49. The molecule has 0 aromatic heterocycles. The van der Waals surface area contributed by atoms with Crippen molar-refractivity contribution in [3.63, 3.8) is 0 Å². The van der Waals surface area contributed by atoms with Crippen LogP contribution >= 0.6 is 0 Å². The third-order valence-electron chi connectivity index (χ3n) is 2.98. The molecule has 98 valence electrons. The Balaban J connectivity index is 0.00000180. The van der Waals surface area contributed by atoms with Gasteiger partial charge in [-0.3, -0.25) is 15.0 Å². The molecule has 5 heteroatoms. The molecular formula is C13H17FN2O2. The average molecular weight is 252 g/mol. The number of nitrogens with one attached hydrogen (secondary N) is 1. The number of carbonyl (C=O) groups excluding carboxylic acids is 2. The highest BCUT2D eigenvalue weighted by Crippen LogP contribution is 2.25. The summed E-state index contributed by atoms with van der Waals surface area (Å²) in [5.74, 6) is -0.536. The predicted octanol–water partition coefficient (Wildman–Crippen LogP) is 2.64. The molecule has 0 aliphatic carbocycles. The molecule has 1 heterocycles. The molecule has 1 aromatic rings. The van der Waals surface area contributed by atoms with Crippen molar-refractivity contribution in [1.82, 2.24) is 5.32 Å². The molecule has 18 heavy (non-hydrogen) atoms. The second kappa shape index (κ2) is 4.76. The molecule has 1 saturated heterocycles. The molecule has 4 nitrogen and oxygen atoms in total. The Morgan fingerprint density at radius 1 is 1.39 bits per heavy atom. The number of amides is 3. The van der Waals surface area contributed by atoms with E-state index < -0.39 is 11.8 Å². The van der Waals surface area contributed by atoms with Gasteiger partial charge in [-0.05, 0) is 23.6 Å². The highest BCUT2D eigenvalue weighted by Gasteiger charge is 2.26. The first-order valence-electron chi connectivity index (χ1n) is 5.90. The zero-order chi connectivity index (χ0) is 13.3. The van der Waals surface area contributed by atoms with E-state index in [4.69, 9.17) is 0 Å². The fraction of sp³-hybridized carbons (Fsp3) is 0.385. The SMILES string of the molecule is CC(C)c1ccc(N2CCC(=O)NC2=O)c(F)c1.[HH]. The number of nitrogens with zero attached hydrogens (tertiary/aromatic N) is 1. The zero-order valence-electron chi connectivity index (χ0n) is 10.4. The van der Waals surface area contributed by atoms with Gasteiger partial charge in [0.15, 0.2) is 0 Å². The molecule has 2 rings (SSSR count). The molecule has 0 saturated carbocycles. The van der Waals surface area contributed by atoms with Crippen molar-refractivity contribution >= 4 is 17.6 Å². The van der Waals surface area contributed by atoms with E-state index in [1.807, 2.05) is 13.8 Å². The van der Waals surface area contributed by atoms with Crippen molar-refractivity contribution in [2.45, 2.75) is 26.2 Å². The van der Waals surface area contributed by atoms with Gasteiger partial charge in [0, 0.05) is 14.4 Å². The smallest absolute Gasteiger partial charge is 0.291 e. The molecule has 1 N–H and O–H groups in total. The standard InChI is InChI=1S/C13H15FN2O2.H2/c1-8(2)9-3-4-11(10(14)7-9)16-6-5-12(17)15-13(16)18;/h3-4,7-8H,5-6H2,1-2H3,(H,15,17,18);1H. The van der Waals surface area contributed by atoms with E-state index in [1.54, 1.807) is 12.1 Å². The summed E-state index contributed by atoms with van der Waals surface area (Å²) in [4.78, 5) is 23.9. The third kappa shape index (κ3) is 2.34. The summed E-state index contributed by atoms with van der Waals surface area (Å²) in [6.07, 6.45) is 0.192. The number of carbonyl (C=O) groups is 2. The molecule has 0 bridgehead atoms. The largest absolute Gasteiger partial charge is 0.328 e. The van der Waals surface area contributed by atoms with E-state index in [2.05, 4.69) is 5.32 Å². The second-order valence-corrected chi connectivity index (χ2v) is 4.62. The van der Waals surface area contributed by atoms with Crippen LogP contribution in [0.3, 0.4) is 0 Å². The Bertz CT molecular complexity index is 505. The number of urea groups is 1. The maximum Gasteiger partial charge on any atom is 0.328 e. The van der Waals surface area contributed by atoms with Crippen LogP contribution in [0.2, 0.25) is 0 Å². The summed E-state index contributed by atoms with van der Waals surface area (Å²) in [5, 5.41) is 2.17. The maximum atomic E-state index is 14.0. The highest BCUT2D eigenvalue weighted by atomic mass is 19.1. The Morgan fingerprint density at radius 3 is 2.67 bits per heavy atom. The zero-order valence-corrected chi connectivity index (χ0v) is 10.4. The summed E-state index contributed by atoms with van der Waals surface area (Å²) < 4.78 is 14.0. The van der Waals surface area contributed by atoms with Gasteiger partial charge in [0.25, 0.3) is 0 Å². The topological polar surface area (TPSA) is 49.4 Å². The van der Waals surface area contributed by atoms with Crippen LogP contribution in [-0.2, 0) is 4.79 Å². The van der Waals surface area contributed by atoms with Gasteiger partial charge in [-0.25, -0.2) is 9.18 Å². The van der Waals surface area contributed by atoms with E-state index >= 15 is 0 Å². The first kappa shape index (κ1) is 12.5. The van der Waals surface area contributed by atoms with Crippen LogP contribution in [0.4, 0.5) is 14.9 Å². The van der Waals surface area contributed by atoms with E-state index in [1.165, 1.54) is 11.0 Å². The molecule has 1 fully saturated rings. The van der Waals surface area contributed by atoms with Crippen molar-refractivity contribution in [3.05, 3.63) is 29.6 Å². The van der Waals surface area contributed by atoms with Gasteiger partial charge in [-0.1, -0.05) is 19.9 Å². The summed E-state index contributed by atoms with van der Waals surface area (Å²) in [5.41, 5.74) is 1.09. The number of halogens is 1. The lowest BCUT2D eigenvalue weighted by atomic mass is 10.0. The van der Waals surface area contributed by atoms with Gasteiger partial charge in [0.1, 0.15) is 5.82 Å². The Labute approximate surface area is 106 Å². The maximum absolute atomic E-state index is 14.0. The molecule has 0 unspecified atom stereocenters. The Kier molecular flexibility index (Phi) is 3.32. The van der Waals surface area contributed by atoms with Crippen molar-refractivity contribution in [2.24, 2.45) is 0 Å². The molecule has 0 atom stereocenters. The van der Waals surface area contributed by atoms with Gasteiger partial charge in [-0.15, -0.1) is 0 Å². The second-order valence-electron chi connectivity index (χ2n) is 4.62. The van der Waals surface area contributed by atoms with Crippen LogP contribution in [0, 0.1) is 5.82 Å². The van der Waals surface area contributed by atoms with E-state index in [9.17, 15) is 14.0 Å². The van der Waals surface area contributed by atoms with Crippen LogP contribution < -0.4 is 10.2 Å². The summed E-state index contributed by atoms with van der Waals surface area (Å²) in [6.45, 7) is 4.16. The first-order chi connectivity index (χ1) is 8.49. The minimum atomic E-state index is -0.567. The van der Waals surface area contributed by atoms with Crippen molar-refractivity contribution in [2.75, 3.05) is 11.4 Å². The minimum Gasteiger partial charge on any atom is -0.291 e. The first-order valence-corrected chi connectivity index (χ1v) is 5.90. The van der Waals surface area contributed by atoms with Crippen LogP contribution in [0.15, 0.2) is 18.2 Å². The quantitative estimate of drug-likeness (QED) is 0.879. The Hall–Kier alpha value is -1.91. The average Bonchev–Trinajstić information content (AvgIpc) is 2.30. The van der Waals surface area contributed by atoms with E-state index in [0.29, 0.717) is 0 Å². The monoisotopic (exact) mass is 252 g/mol. The molecule has 1 aliphatic heterocycles. The van der Waals surface area contributed by atoms with Crippen molar-refractivity contribution in [1.29, 1.82) is 0 Å².